The second-order valence-corrected chi connectivity index (χ2v) is 4.55. The molecule has 0 saturated carbocycles. The van der Waals surface area contributed by atoms with E-state index in [0.717, 1.165) is 4.88 Å². The summed E-state index contributed by atoms with van der Waals surface area (Å²) in [5.74, 6) is -0.894. The van der Waals surface area contributed by atoms with Crippen molar-refractivity contribution in [1.82, 2.24) is 10.3 Å². The topological polar surface area (TPSA) is 62.2 Å². The van der Waals surface area contributed by atoms with Gasteiger partial charge >= 0.3 is 5.97 Å². The molecule has 0 bridgehead atoms. The summed E-state index contributed by atoms with van der Waals surface area (Å²) in [6.45, 7) is 0.545. The van der Waals surface area contributed by atoms with Gasteiger partial charge in [-0.15, -0.1) is 11.3 Å². The van der Waals surface area contributed by atoms with Gasteiger partial charge in [-0.05, 0) is 23.1 Å². The van der Waals surface area contributed by atoms with Gasteiger partial charge in [0.25, 0.3) is 0 Å². The number of thiophene rings is 1. The number of carboxylic acid groups (broad SMARTS) is 1. The molecule has 17 heavy (non-hydrogen) atoms. The highest BCUT2D eigenvalue weighted by Gasteiger charge is 2.19. The van der Waals surface area contributed by atoms with Crippen LogP contribution in [0.5, 0.6) is 0 Å². The molecule has 2 rings (SSSR count). The van der Waals surface area contributed by atoms with Crippen LogP contribution in [0, 0.1) is 0 Å². The predicted molar refractivity (Wildman–Crippen MR) is 65.8 cm³/mol. The summed E-state index contributed by atoms with van der Waals surface area (Å²) in [5.41, 5.74) is 0.663. The van der Waals surface area contributed by atoms with E-state index in [9.17, 15) is 4.79 Å². The van der Waals surface area contributed by atoms with Crippen LogP contribution < -0.4 is 5.32 Å². The lowest BCUT2D eigenvalue weighted by Gasteiger charge is -2.13. The molecule has 2 aromatic heterocycles. The number of nitrogens with one attached hydrogen (secondary N) is 1. The molecule has 4 nitrogen and oxygen atoms in total. The minimum absolute atomic E-state index is 0.545. The third kappa shape index (κ3) is 3.12. The molecule has 88 valence electrons. The van der Waals surface area contributed by atoms with Crippen LogP contribution in [0.15, 0.2) is 42.0 Å². The maximum absolute atomic E-state index is 11.2. The molecule has 1 atom stereocenters. The zero-order valence-electron chi connectivity index (χ0n) is 9.04. The molecule has 0 aliphatic heterocycles. The molecule has 2 aromatic rings. The molecule has 0 fully saturated rings. The lowest BCUT2D eigenvalue weighted by atomic mass is 10.1. The number of nitrogens with zero attached hydrogens (tertiary/aromatic N) is 1. The van der Waals surface area contributed by atoms with E-state index in [-0.39, 0.29) is 0 Å². The van der Waals surface area contributed by atoms with Gasteiger partial charge in [-0.3, -0.25) is 15.1 Å². The van der Waals surface area contributed by atoms with Crippen molar-refractivity contribution in [2.75, 3.05) is 0 Å². The van der Waals surface area contributed by atoms with E-state index in [1.807, 2.05) is 17.5 Å². The summed E-state index contributed by atoms with van der Waals surface area (Å²) in [6, 6.07) is 6.69. The first-order valence-corrected chi connectivity index (χ1v) is 6.04. The molecular weight excluding hydrogens is 236 g/mol. The van der Waals surface area contributed by atoms with Crippen LogP contribution >= 0.6 is 11.3 Å². The normalized spacial score (nSPS) is 12.2. The lowest BCUT2D eigenvalue weighted by Crippen LogP contribution is -2.27. The fourth-order valence-corrected chi connectivity index (χ4v) is 2.17. The first-order chi connectivity index (χ1) is 8.27. The van der Waals surface area contributed by atoms with Crippen molar-refractivity contribution in [1.29, 1.82) is 0 Å². The average Bonchev–Trinajstić information content (AvgIpc) is 2.83. The number of hydrogen-bond acceptors (Lipinski definition) is 4. The van der Waals surface area contributed by atoms with Crippen molar-refractivity contribution in [3.63, 3.8) is 0 Å². The summed E-state index contributed by atoms with van der Waals surface area (Å²) in [7, 11) is 0. The monoisotopic (exact) mass is 248 g/mol. The smallest absolute Gasteiger partial charge is 0.325 e. The second kappa shape index (κ2) is 5.56. The van der Waals surface area contributed by atoms with Crippen LogP contribution in [0.2, 0.25) is 0 Å². The first kappa shape index (κ1) is 11.8. The van der Waals surface area contributed by atoms with Gasteiger partial charge in [-0.25, -0.2) is 0 Å². The minimum atomic E-state index is -0.894. The highest BCUT2D eigenvalue weighted by atomic mass is 32.1. The summed E-state index contributed by atoms with van der Waals surface area (Å²) in [5, 5.41) is 14.1. The summed E-state index contributed by atoms with van der Waals surface area (Å²) in [6.07, 6.45) is 3.20. The largest absolute Gasteiger partial charge is 0.480 e. The van der Waals surface area contributed by atoms with Gasteiger partial charge in [-0.1, -0.05) is 12.1 Å². The fourth-order valence-electron chi connectivity index (χ4n) is 1.51. The van der Waals surface area contributed by atoms with E-state index in [1.54, 1.807) is 35.9 Å². The Morgan fingerprint density at radius 2 is 2.35 bits per heavy atom. The van der Waals surface area contributed by atoms with Gasteiger partial charge in [0.05, 0.1) is 0 Å². The number of carbonyl (C=O) groups is 1. The van der Waals surface area contributed by atoms with Gasteiger partial charge in [0, 0.05) is 23.8 Å². The Hall–Kier alpha value is -1.72. The first-order valence-electron chi connectivity index (χ1n) is 5.16. The van der Waals surface area contributed by atoms with Crippen LogP contribution in [-0.4, -0.2) is 16.1 Å². The zero-order chi connectivity index (χ0) is 12.1. The van der Waals surface area contributed by atoms with E-state index in [2.05, 4.69) is 10.3 Å². The Morgan fingerprint density at radius 1 is 1.47 bits per heavy atom. The number of aliphatic carboxylic acids is 1. The molecule has 1 unspecified atom stereocenters. The average molecular weight is 248 g/mol. The van der Waals surface area contributed by atoms with E-state index >= 15 is 0 Å². The summed E-state index contributed by atoms with van der Waals surface area (Å²) >= 11 is 1.60. The zero-order valence-corrected chi connectivity index (χ0v) is 9.85. The van der Waals surface area contributed by atoms with Gasteiger partial charge in [0.15, 0.2) is 0 Å². The number of rotatable bonds is 5. The highest BCUT2D eigenvalue weighted by molar-refractivity contribution is 7.09. The van der Waals surface area contributed by atoms with Crippen LogP contribution in [0.1, 0.15) is 16.5 Å². The third-order valence-electron chi connectivity index (χ3n) is 2.33. The Bertz CT molecular complexity index is 471. The van der Waals surface area contributed by atoms with Crippen molar-refractivity contribution < 1.29 is 9.90 Å². The molecule has 2 heterocycles. The summed E-state index contributed by atoms with van der Waals surface area (Å²) < 4.78 is 0. The van der Waals surface area contributed by atoms with Gasteiger partial charge in [-0.2, -0.15) is 0 Å². The third-order valence-corrected chi connectivity index (χ3v) is 3.20. The molecule has 0 aliphatic carbocycles. The molecule has 0 radical (unpaired) electrons. The van der Waals surface area contributed by atoms with Crippen molar-refractivity contribution in [3.05, 3.63) is 52.5 Å². The number of hydrogen-bond donors (Lipinski definition) is 2. The van der Waals surface area contributed by atoms with E-state index in [1.165, 1.54) is 0 Å². The van der Waals surface area contributed by atoms with Crippen LogP contribution in [0.3, 0.4) is 0 Å². The van der Waals surface area contributed by atoms with Crippen LogP contribution in [-0.2, 0) is 11.3 Å². The quantitative estimate of drug-likeness (QED) is 0.850. The fraction of sp³-hybridized carbons (Fsp3) is 0.167. The molecular formula is C12H12N2O2S. The maximum Gasteiger partial charge on any atom is 0.325 e. The Kier molecular flexibility index (Phi) is 3.85. The summed E-state index contributed by atoms with van der Waals surface area (Å²) in [4.78, 5) is 16.2. The lowest BCUT2D eigenvalue weighted by molar-refractivity contribution is -0.139. The SMILES string of the molecule is O=C(O)C(NCc1cccs1)c1cccnc1. The maximum atomic E-state index is 11.2. The van der Waals surface area contributed by atoms with Crippen molar-refractivity contribution in [2.45, 2.75) is 12.6 Å². The van der Waals surface area contributed by atoms with E-state index in [0.29, 0.717) is 12.1 Å². The van der Waals surface area contributed by atoms with Gasteiger partial charge < -0.3 is 5.11 Å². The molecule has 0 spiro atoms. The molecule has 5 heteroatoms. The Morgan fingerprint density at radius 3 is 2.94 bits per heavy atom. The van der Waals surface area contributed by atoms with Crippen molar-refractivity contribution in [2.24, 2.45) is 0 Å². The number of pyridine rings is 1. The Balaban J connectivity index is 2.06. The predicted octanol–water partition coefficient (Wildman–Crippen LogP) is 2.06. The minimum Gasteiger partial charge on any atom is -0.480 e. The molecule has 0 aliphatic rings. The number of aromatic nitrogens is 1. The van der Waals surface area contributed by atoms with Gasteiger partial charge in [0.1, 0.15) is 6.04 Å². The molecule has 0 aromatic carbocycles. The van der Waals surface area contributed by atoms with Crippen molar-refractivity contribution in [3.8, 4) is 0 Å². The Labute approximate surface area is 103 Å². The number of carboxylic acids is 1. The highest BCUT2D eigenvalue weighted by Crippen LogP contribution is 2.14. The molecule has 2 N–H and O–H groups in total. The van der Waals surface area contributed by atoms with Gasteiger partial charge in [0.2, 0.25) is 0 Å². The molecule has 0 amide bonds. The van der Waals surface area contributed by atoms with Crippen molar-refractivity contribution >= 4 is 17.3 Å². The second-order valence-electron chi connectivity index (χ2n) is 3.52. The van der Waals surface area contributed by atoms with Crippen LogP contribution in [0.25, 0.3) is 0 Å². The van der Waals surface area contributed by atoms with E-state index in [4.69, 9.17) is 5.11 Å². The molecule has 0 saturated heterocycles. The standard InChI is InChI=1S/C12H12N2O2S/c15-12(16)11(9-3-1-5-13-7-9)14-8-10-4-2-6-17-10/h1-7,11,14H,8H2,(H,15,16). The van der Waals surface area contributed by atoms with Crippen LogP contribution in [0.4, 0.5) is 0 Å². The van der Waals surface area contributed by atoms with E-state index < -0.39 is 12.0 Å².